The second-order valence-corrected chi connectivity index (χ2v) is 6.02. The van der Waals surface area contributed by atoms with E-state index in [1.165, 1.54) is 17.7 Å². The zero-order chi connectivity index (χ0) is 18.5. The molecule has 0 aliphatic carbocycles. The average Bonchev–Trinajstić information content (AvgIpc) is 2.64. The normalized spacial score (nSPS) is 10.3. The second-order valence-electron chi connectivity index (χ2n) is 5.62. The number of hydrogen-bond donors (Lipinski definition) is 0. The van der Waals surface area contributed by atoms with Crippen molar-refractivity contribution in [3.05, 3.63) is 105 Å². The number of rotatable bonds is 5. The van der Waals surface area contributed by atoms with E-state index in [1.807, 2.05) is 42.5 Å². The van der Waals surface area contributed by atoms with Gasteiger partial charge < -0.3 is 4.74 Å². The first-order valence-corrected chi connectivity index (χ1v) is 8.20. The van der Waals surface area contributed by atoms with Gasteiger partial charge in [-0.2, -0.15) is 0 Å². The molecular formula is C20H14ClNO4. The zero-order valence-corrected chi connectivity index (χ0v) is 14.3. The number of ether oxygens (including phenoxy) is 1. The third-order valence-corrected chi connectivity index (χ3v) is 4.10. The van der Waals surface area contributed by atoms with Crippen LogP contribution in [0.4, 0.5) is 5.69 Å². The molecule has 3 rings (SSSR count). The van der Waals surface area contributed by atoms with Gasteiger partial charge in [0, 0.05) is 12.1 Å². The number of non-ortho nitro benzene ring substituents is 1. The van der Waals surface area contributed by atoms with Crippen LogP contribution in [0.2, 0.25) is 5.02 Å². The monoisotopic (exact) mass is 367 g/mol. The number of carbonyl (C=O) groups is 1. The molecule has 0 aliphatic heterocycles. The lowest BCUT2D eigenvalue weighted by Crippen LogP contribution is -2.09. The van der Waals surface area contributed by atoms with Crippen LogP contribution in [0.25, 0.3) is 0 Å². The van der Waals surface area contributed by atoms with Crippen LogP contribution in [0.5, 0.6) is 5.75 Å². The molecule has 3 aromatic carbocycles. The fourth-order valence-electron chi connectivity index (χ4n) is 2.45. The fourth-order valence-corrected chi connectivity index (χ4v) is 2.65. The van der Waals surface area contributed by atoms with E-state index in [0.717, 1.165) is 18.1 Å². The lowest BCUT2D eigenvalue weighted by molar-refractivity contribution is -0.384. The minimum atomic E-state index is -0.741. The van der Waals surface area contributed by atoms with E-state index in [4.69, 9.17) is 16.3 Å². The van der Waals surface area contributed by atoms with Crippen LogP contribution in [0.15, 0.2) is 72.8 Å². The Balaban J connectivity index is 1.72. The number of nitro groups is 1. The maximum atomic E-state index is 12.3. The van der Waals surface area contributed by atoms with E-state index in [-0.39, 0.29) is 16.3 Å². The van der Waals surface area contributed by atoms with Crippen molar-refractivity contribution in [1.82, 2.24) is 0 Å². The predicted molar refractivity (Wildman–Crippen MR) is 98.8 cm³/mol. The summed E-state index contributed by atoms with van der Waals surface area (Å²) in [6.07, 6.45) is 0.770. The van der Waals surface area contributed by atoms with Crippen LogP contribution < -0.4 is 4.74 Å². The van der Waals surface area contributed by atoms with Crippen molar-refractivity contribution in [3.8, 4) is 5.75 Å². The maximum absolute atomic E-state index is 12.3. The predicted octanol–water partition coefficient (Wildman–Crippen LogP) is 5.06. The Hall–Kier alpha value is -3.18. The molecule has 0 aromatic heterocycles. The molecule has 130 valence electrons. The minimum absolute atomic E-state index is 0.0470. The van der Waals surface area contributed by atoms with Crippen molar-refractivity contribution < 1.29 is 14.5 Å². The summed E-state index contributed by atoms with van der Waals surface area (Å²) < 4.78 is 5.28. The molecule has 0 heterocycles. The van der Waals surface area contributed by atoms with Gasteiger partial charge in [0.1, 0.15) is 5.75 Å². The van der Waals surface area contributed by atoms with E-state index in [1.54, 1.807) is 12.1 Å². The summed E-state index contributed by atoms with van der Waals surface area (Å²) in [4.78, 5) is 22.5. The van der Waals surface area contributed by atoms with Gasteiger partial charge in [0.25, 0.3) is 5.69 Å². The van der Waals surface area contributed by atoms with Crippen molar-refractivity contribution in [2.24, 2.45) is 0 Å². The molecule has 5 nitrogen and oxygen atoms in total. The van der Waals surface area contributed by atoms with Crippen molar-refractivity contribution in [2.45, 2.75) is 6.42 Å². The summed E-state index contributed by atoms with van der Waals surface area (Å²) in [6, 6.07) is 20.7. The first kappa shape index (κ1) is 17.6. The first-order chi connectivity index (χ1) is 12.5. The Morgan fingerprint density at radius 3 is 2.27 bits per heavy atom. The molecule has 0 unspecified atom stereocenters. The number of hydrogen-bond acceptors (Lipinski definition) is 4. The molecule has 0 spiro atoms. The van der Waals surface area contributed by atoms with Gasteiger partial charge in [-0.15, -0.1) is 0 Å². The maximum Gasteiger partial charge on any atom is 0.345 e. The highest BCUT2D eigenvalue weighted by Crippen LogP contribution is 2.24. The van der Waals surface area contributed by atoms with Crippen LogP contribution >= 0.6 is 11.6 Å². The second kappa shape index (κ2) is 7.80. The molecule has 6 heteroatoms. The van der Waals surface area contributed by atoms with Gasteiger partial charge in [-0.1, -0.05) is 54.1 Å². The third-order valence-electron chi connectivity index (χ3n) is 3.77. The molecule has 0 amide bonds. The van der Waals surface area contributed by atoms with Crippen LogP contribution in [0.1, 0.15) is 21.5 Å². The molecular weight excluding hydrogens is 354 g/mol. The Morgan fingerprint density at radius 1 is 0.962 bits per heavy atom. The van der Waals surface area contributed by atoms with Gasteiger partial charge in [0.2, 0.25) is 0 Å². The topological polar surface area (TPSA) is 69.4 Å². The first-order valence-electron chi connectivity index (χ1n) is 7.82. The Labute approximate surface area is 155 Å². The summed E-state index contributed by atoms with van der Waals surface area (Å²) in [7, 11) is 0. The summed E-state index contributed by atoms with van der Waals surface area (Å²) in [5, 5.41) is 10.9. The SMILES string of the molecule is O=C(Oc1ccc(Cc2ccccc2)cc1)c1cc([N+](=O)[O-])ccc1Cl. The van der Waals surface area contributed by atoms with Crippen LogP contribution in [-0.2, 0) is 6.42 Å². The standard InChI is InChI=1S/C20H14ClNO4/c21-19-11-8-16(22(24)25)13-18(19)20(23)26-17-9-6-15(7-10-17)12-14-4-2-1-3-5-14/h1-11,13H,12H2. The van der Waals surface area contributed by atoms with Crippen LogP contribution in [0.3, 0.4) is 0 Å². The molecule has 3 aromatic rings. The van der Waals surface area contributed by atoms with Crippen molar-refractivity contribution in [2.75, 3.05) is 0 Å². The molecule has 0 atom stereocenters. The van der Waals surface area contributed by atoms with Gasteiger partial charge in [-0.25, -0.2) is 4.79 Å². The van der Waals surface area contributed by atoms with Crippen LogP contribution in [-0.4, -0.2) is 10.9 Å². The quantitative estimate of drug-likeness (QED) is 0.273. The number of benzene rings is 3. The van der Waals surface area contributed by atoms with E-state index >= 15 is 0 Å². The largest absolute Gasteiger partial charge is 0.423 e. The van der Waals surface area contributed by atoms with Gasteiger partial charge in [-0.05, 0) is 35.7 Å². The number of halogens is 1. The Morgan fingerprint density at radius 2 is 1.62 bits per heavy atom. The van der Waals surface area contributed by atoms with Crippen LogP contribution in [0, 0.1) is 10.1 Å². The van der Waals surface area contributed by atoms with Gasteiger partial charge in [-0.3, -0.25) is 10.1 Å². The molecule has 0 fully saturated rings. The van der Waals surface area contributed by atoms with Crippen molar-refractivity contribution in [1.29, 1.82) is 0 Å². The molecule has 0 radical (unpaired) electrons. The molecule has 0 saturated heterocycles. The highest BCUT2D eigenvalue weighted by atomic mass is 35.5. The van der Waals surface area contributed by atoms with Crippen molar-refractivity contribution in [3.63, 3.8) is 0 Å². The Kier molecular flexibility index (Phi) is 5.29. The van der Waals surface area contributed by atoms with E-state index < -0.39 is 10.9 Å². The van der Waals surface area contributed by atoms with E-state index in [9.17, 15) is 14.9 Å². The number of nitrogens with zero attached hydrogens (tertiary/aromatic N) is 1. The molecule has 26 heavy (non-hydrogen) atoms. The lowest BCUT2D eigenvalue weighted by Gasteiger charge is -2.07. The lowest BCUT2D eigenvalue weighted by atomic mass is 10.1. The highest BCUT2D eigenvalue weighted by molar-refractivity contribution is 6.33. The molecule has 0 aliphatic rings. The number of carbonyl (C=O) groups excluding carboxylic acids is 1. The summed E-state index contributed by atoms with van der Waals surface area (Å²) in [5.74, 6) is -0.399. The average molecular weight is 368 g/mol. The highest BCUT2D eigenvalue weighted by Gasteiger charge is 2.17. The Bertz CT molecular complexity index is 940. The summed E-state index contributed by atoms with van der Waals surface area (Å²) in [6.45, 7) is 0. The minimum Gasteiger partial charge on any atom is -0.423 e. The smallest absolute Gasteiger partial charge is 0.345 e. The van der Waals surface area contributed by atoms with E-state index in [0.29, 0.717) is 5.75 Å². The molecule has 0 bridgehead atoms. The van der Waals surface area contributed by atoms with E-state index in [2.05, 4.69) is 0 Å². The number of esters is 1. The van der Waals surface area contributed by atoms with Crippen molar-refractivity contribution >= 4 is 23.3 Å². The fraction of sp³-hybridized carbons (Fsp3) is 0.0500. The van der Waals surface area contributed by atoms with Gasteiger partial charge in [0.15, 0.2) is 0 Å². The molecule has 0 saturated carbocycles. The number of nitro benzene ring substituents is 1. The third kappa shape index (κ3) is 4.26. The van der Waals surface area contributed by atoms with Gasteiger partial charge in [0.05, 0.1) is 15.5 Å². The van der Waals surface area contributed by atoms with Gasteiger partial charge >= 0.3 is 5.97 Å². The molecule has 0 N–H and O–H groups in total. The summed E-state index contributed by atoms with van der Waals surface area (Å²) >= 11 is 5.95. The summed E-state index contributed by atoms with van der Waals surface area (Å²) in [5.41, 5.74) is 1.98. The zero-order valence-electron chi connectivity index (χ0n) is 13.6.